The molecule has 1 aliphatic heterocycles. The van der Waals surface area contributed by atoms with Gasteiger partial charge in [-0.15, -0.1) is 0 Å². The number of para-hydroxylation sites is 2. The molecule has 0 unspecified atom stereocenters. The highest BCUT2D eigenvalue weighted by Gasteiger charge is 2.19. The monoisotopic (exact) mass is 424 g/mol. The molecule has 0 atom stereocenters. The predicted octanol–water partition coefficient (Wildman–Crippen LogP) is 0.565. The van der Waals surface area contributed by atoms with Crippen LogP contribution in [-0.2, 0) is 0 Å². The smallest absolute Gasteiger partial charge is 0.275 e. The highest BCUT2D eigenvalue weighted by atomic mass is 16.1. The van der Waals surface area contributed by atoms with Crippen LogP contribution in [-0.4, -0.2) is 70.1 Å². The van der Waals surface area contributed by atoms with Gasteiger partial charge in [0.05, 0.1) is 17.2 Å². The minimum atomic E-state index is -0.167. The summed E-state index contributed by atoms with van der Waals surface area (Å²) in [5.41, 5.74) is 12.8. The quantitative estimate of drug-likeness (QED) is 0.199. The van der Waals surface area contributed by atoms with Gasteiger partial charge in [-0.25, -0.2) is 9.97 Å². The molecule has 0 radical (unpaired) electrons. The van der Waals surface area contributed by atoms with Gasteiger partial charge in [0.25, 0.3) is 5.56 Å². The zero-order chi connectivity index (χ0) is 21.6. The number of aromatic amines is 2. The van der Waals surface area contributed by atoms with Crippen molar-refractivity contribution in [2.75, 3.05) is 49.5 Å². The third-order valence-corrected chi connectivity index (χ3v) is 5.30. The first-order valence-electron chi connectivity index (χ1n) is 10.4. The van der Waals surface area contributed by atoms with E-state index in [-0.39, 0.29) is 11.5 Å². The Morgan fingerprint density at radius 1 is 1.10 bits per heavy atom. The summed E-state index contributed by atoms with van der Waals surface area (Å²) < 4.78 is 0. The van der Waals surface area contributed by atoms with Crippen LogP contribution in [0, 0.1) is 0 Å². The molecule has 1 saturated heterocycles. The zero-order valence-electron chi connectivity index (χ0n) is 17.3. The Bertz CT molecular complexity index is 1060. The van der Waals surface area contributed by atoms with Gasteiger partial charge in [-0.05, 0) is 31.5 Å². The Morgan fingerprint density at radius 3 is 2.65 bits per heavy atom. The number of imidazole rings is 1. The number of H-pyrrole nitrogens is 2. The van der Waals surface area contributed by atoms with Gasteiger partial charge in [0.2, 0.25) is 11.9 Å². The molecule has 11 nitrogen and oxygen atoms in total. The number of rotatable bonds is 8. The molecular weight excluding hydrogens is 396 g/mol. The van der Waals surface area contributed by atoms with E-state index in [4.69, 9.17) is 11.5 Å². The number of hydrogen-bond acceptors (Lipinski definition) is 7. The van der Waals surface area contributed by atoms with Crippen molar-refractivity contribution in [1.82, 2.24) is 24.8 Å². The van der Waals surface area contributed by atoms with Crippen LogP contribution >= 0.6 is 0 Å². The largest absolute Gasteiger partial charge is 0.370 e. The Labute approximate surface area is 179 Å². The number of benzene rings is 1. The second kappa shape index (κ2) is 9.47. The SMILES string of the molecule is NC(N)=NCCCCN1CCN(c2cnc(Nc3nc4ccccc4[nH]3)[nH]c2=O)CC1. The van der Waals surface area contributed by atoms with E-state index in [1.54, 1.807) is 6.20 Å². The van der Waals surface area contributed by atoms with E-state index in [0.717, 1.165) is 56.6 Å². The van der Waals surface area contributed by atoms with Crippen LogP contribution in [0.4, 0.5) is 17.6 Å². The summed E-state index contributed by atoms with van der Waals surface area (Å²) in [4.78, 5) is 35.9. The normalized spacial score (nSPS) is 14.6. The van der Waals surface area contributed by atoms with E-state index in [1.807, 2.05) is 24.3 Å². The van der Waals surface area contributed by atoms with Gasteiger partial charge in [-0.3, -0.25) is 25.0 Å². The maximum atomic E-state index is 12.6. The molecule has 1 aliphatic rings. The Morgan fingerprint density at radius 2 is 1.90 bits per heavy atom. The highest BCUT2D eigenvalue weighted by molar-refractivity contribution is 5.77. The summed E-state index contributed by atoms with van der Waals surface area (Å²) >= 11 is 0. The second-order valence-electron chi connectivity index (χ2n) is 7.52. The third kappa shape index (κ3) is 5.31. The number of anilines is 3. The van der Waals surface area contributed by atoms with E-state index >= 15 is 0 Å². The lowest BCUT2D eigenvalue weighted by Crippen LogP contribution is -2.48. The van der Waals surface area contributed by atoms with Gasteiger partial charge in [-0.2, -0.15) is 0 Å². The van der Waals surface area contributed by atoms with Crippen LogP contribution in [0.3, 0.4) is 0 Å². The Balaban J connectivity index is 1.29. The number of aliphatic imine (C=N–C) groups is 1. The Kier molecular flexibility index (Phi) is 6.32. The lowest BCUT2D eigenvalue weighted by molar-refractivity contribution is 0.253. The van der Waals surface area contributed by atoms with Gasteiger partial charge in [-0.1, -0.05) is 12.1 Å². The van der Waals surface area contributed by atoms with Crippen LogP contribution in [0.1, 0.15) is 12.8 Å². The summed E-state index contributed by atoms with van der Waals surface area (Å²) in [5, 5.41) is 3.03. The molecule has 3 heterocycles. The number of guanidine groups is 1. The maximum Gasteiger partial charge on any atom is 0.275 e. The lowest BCUT2D eigenvalue weighted by atomic mass is 10.2. The average Bonchev–Trinajstić information content (AvgIpc) is 3.16. The molecule has 2 aromatic heterocycles. The van der Waals surface area contributed by atoms with Gasteiger partial charge >= 0.3 is 0 Å². The van der Waals surface area contributed by atoms with Crippen molar-refractivity contribution < 1.29 is 0 Å². The molecule has 0 spiro atoms. The average molecular weight is 425 g/mol. The van der Waals surface area contributed by atoms with Crippen LogP contribution in [0.25, 0.3) is 11.0 Å². The standard InChI is InChI=1S/C20H28N10O/c21-18(22)23-7-3-4-8-29-9-11-30(12-10-29)16-13-24-19(27-17(16)31)28-20-25-14-5-1-2-6-15(14)26-20/h1-2,5-6,13H,3-4,7-12H2,(H4,21,22,23)(H3,24,25,26,27,28,31). The first kappa shape index (κ1) is 20.7. The molecule has 4 rings (SSSR count). The fourth-order valence-electron chi connectivity index (χ4n) is 3.67. The molecule has 1 fully saturated rings. The molecule has 0 saturated carbocycles. The third-order valence-electron chi connectivity index (χ3n) is 5.30. The molecule has 164 valence electrons. The molecule has 31 heavy (non-hydrogen) atoms. The van der Waals surface area contributed by atoms with Crippen molar-refractivity contribution in [3.8, 4) is 0 Å². The van der Waals surface area contributed by atoms with Crippen molar-refractivity contribution in [3.63, 3.8) is 0 Å². The number of nitrogens with one attached hydrogen (secondary N) is 3. The van der Waals surface area contributed by atoms with E-state index in [1.165, 1.54) is 0 Å². The Hall–Kier alpha value is -3.60. The fourth-order valence-corrected chi connectivity index (χ4v) is 3.67. The molecule has 7 N–H and O–H groups in total. The number of nitrogens with zero attached hydrogens (tertiary/aromatic N) is 5. The van der Waals surface area contributed by atoms with Crippen LogP contribution in [0.15, 0.2) is 40.2 Å². The number of nitrogens with two attached hydrogens (primary N) is 2. The highest BCUT2D eigenvalue weighted by Crippen LogP contribution is 2.16. The van der Waals surface area contributed by atoms with Gasteiger partial charge in [0, 0.05) is 32.7 Å². The summed E-state index contributed by atoms with van der Waals surface area (Å²) in [5.74, 6) is 1.03. The minimum absolute atomic E-state index is 0.145. The van der Waals surface area contributed by atoms with Crippen molar-refractivity contribution in [3.05, 3.63) is 40.8 Å². The fraction of sp³-hybridized carbons (Fsp3) is 0.400. The van der Waals surface area contributed by atoms with Crippen molar-refractivity contribution in [2.45, 2.75) is 12.8 Å². The number of fused-ring (bicyclic) bond motifs is 1. The van der Waals surface area contributed by atoms with Gasteiger partial charge < -0.3 is 21.4 Å². The summed E-state index contributed by atoms with van der Waals surface area (Å²) in [6.45, 7) is 5.05. The van der Waals surface area contributed by atoms with Gasteiger partial charge in [0.1, 0.15) is 5.69 Å². The lowest BCUT2D eigenvalue weighted by Gasteiger charge is -2.35. The molecule has 3 aromatic rings. The summed E-state index contributed by atoms with van der Waals surface area (Å²) in [6.07, 6.45) is 3.62. The molecule has 1 aromatic carbocycles. The van der Waals surface area contributed by atoms with Crippen molar-refractivity contribution in [1.29, 1.82) is 0 Å². The molecular formula is C20H28N10O. The van der Waals surface area contributed by atoms with Crippen molar-refractivity contribution in [2.24, 2.45) is 16.5 Å². The molecule has 11 heteroatoms. The van der Waals surface area contributed by atoms with E-state index in [9.17, 15) is 4.79 Å². The maximum absolute atomic E-state index is 12.6. The summed E-state index contributed by atoms with van der Waals surface area (Å²) in [6, 6.07) is 7.72. The summed E-state index contributed by atoms with van der Waals surface area (Å²) in [7, 11) is 0. The molecule has 0 amide bonds. The zero-order valence-corrected chi connectivity index (χ0v) is 17.3. The second-order valence-corrected chi connectivity index (χ2v) is 7.52. The molecule has 0 aliphatic carbocycles. The topological polar surface area (TPSA) is 157 Å². The number of hydrogen-bond donors (Lipinski definition) is 5. The van der Waals surface area contributed by atoms with E-state index in [0.29, 0.717) is 24.1 Å². The van der Waals surface area contributed by atoms with Crippen LogP contribution in [0.5, 0.6) is 0 Å². The van der Waals surface area contributed by atoms with Crippen LogP contribution < -0.4 is 27.2 Å². The number of aromatic nitrogens is 4. The van der Waals surface area contributed by atoms with E-state index in [2.05, 4.69) is 40.0 Å². The predicted molar refractivity (Wildman–Crippen MR) is 123 cm³/mol. The first-order chi connectivity index (χ1) is 15.1. The van der Waals surface area contributed by atoms with Gasteiger partial charge in [0.15, 0.2) is 5.96 Å². The minimum Gasteiger partial charge on any atom is -0.370 e. The first-order valence-corrected chi connectivity index (χ1v) is 10.4. The number of unbranched alkanes of at least 4 members (excludes halogenated alkanes) is 1. The van der Waals surface area contributed by atoms with E-state index < -0.39 is 0 Å². The molecule has 0 bridgehead atoms. The number of piperazine rings is 1. The van der Waals surface area contributed by atoms with Crippen LogP contribution in [0.2, 0.25) is 0 Å². The van der Waals surface area contributed by atoms with Crippen molar-refractivity contribution >= 4 is 34.6 Å².